The second-order valence-corrected chi connectivity index (χ2v) is 5.77. The van der Waals surface area contributed by atoms with Gasteiger partial charge in [0.25, 0.3) is 0 Å². The topological polar surface area (TPSA) is 58.4 Å². The summed E-state index contributed by atoms with van der Waals surface area (Å²) in [6, 6.07) is 0. The number of primary amides is 1. The highest BCUT2D eigenvalue weighted by Gasteiger charge is 2.31. The third kappa shape index (κ3) is 4.49. The normalized spacial score (nSPS) is 25.6. The van der Waals surface area contributed by atoms with Crippen molar-refractivity contribution in [3.8, 4) is 0 Å². The first-order chi connectivity index (χ1) is 7.41. The van der Waals surface area contributed by atoms with Crippen molar-refractivity contribution in [2.75, 3.05) is 32.7 Å². The zero-order chi connectivity index (χ0) is 12.2. The van der Waals surface area contributed by atoms with Gasteiger partial charge >= 0.3 is 0 Å². The van der Waals surface area contributed by atoms with Crippen LogP contribution in [0.2, 0.25) is 0 Å². The Labute approximate surface area is 98.6 Å². The average molecular weight is 227 g/mol. The SMILES string of the molecule is CC(C)CN(CC(N)=O)CC1(C)CCNC1. The van der Waals surface area contributed by atoms with E-state index in [1.54, 1.807) is 0 Å². The summed E-state index contributed by atoms with van der Waals surface area (Å²) in [6.45, 7) is 11.0. The molecule has 1 heterocycles. The summed E-state index contributed by atoms with van der Waals surface area (Å²) >= 11 is 0. The molecule has 0 aliphatic carbocycles. The van der Waals surface area contributed by atoms with Crippen LogP contribution in [-0.4, -0.2) is 43.5 Å². The summed E-state index contributed by atoms with van der Waals surface area (Å²) in [6.07, 6.45) is 1.18. The minimum absolute atomic E-state index is 0.227. The molecule has 0 spiro atoms. The van der Waals surface area contributed by atoms with E-state index in [1.807, 2.05) is 0 Å². The molecular formula is C12H25N3O. The van der Waals surface area contributed by atoms with Gasteiger partial charge in [-0.25, -0.2) is 0 Å². The maximum Gasteiger partial charge on any atom is 0.231 e. The van der Waals surface area contributed by atoms with Crippen LogP contribution in [0, 0.1) is 11.3 Å². The van der Waals surface area contributed by atoms with Gasteiger partial charge in [0.05, 0.1) is 6.54 Å². The highest BCUT2D eigenvalue weighted by molar-refractivity contribution is 5.75. The predicted octanol–water partition coefficient (Wildman–Crippen LogP) is 0.429. The van der Waals surface area contributed by atoms with E-state index in [-0.39, 0.29) is 5.91 Å². The van der Waals surface area contributed by atoms with Gasteiger partial charge in [-0.05, 0) is 24.3 Å². The number of hydrogen-bond acceptors (Lipinski definition) is 3. The molecule has 1 saturated heterocycles. The molecule has 1 rings (SSSR count). The Morgan fingerprint density at radius 2 is 2.25 bits per heavy atom. The van der Waals surface area contributed by atoms with Crippen molar-refractivity contribution in [3.63, 3.8) is 0 Å². The molecule has 94 valence electrons. The average Bonchev–Trinajstić information content (AvgIpc) is 2.48. The summed E-state index contributed by atoms with van der Waals surface area (Å²) in [7, 11) is 0. The molecule has 1 amide bonds. The quantitative estimate of drug-likeness (QED) is 0.692. The standard InChI is InChI=1S/C12H25N3O/c1-10(2)6-15(7-11(13)16)9-12(3)4-5-14-8-12/h10,14H,4-9H2,1-3H3,(H2,13,16). The molecule has 1 unspecified atom stereocenters. The summed E-state index contributed by atoms with van der Waals surface area (Å²) in [5.41, 5.74) is 5.59. The lowest BCUT2D eigenvalue weighted by Crippen LogP contribution is -2.43. The second kappa shape index (κ2) is 5.64. The van der Waals surface area contributed by atoms with Crippen LogP contribution >= 0.6 is 0 Å². The van der Waals surface area contributed by atoms with Crippen LogP contribution in [0.1, 0.15) is 27.2 Å². The Balaban J connectivity index is 2.51. The minimum atomic E-state index is -0.227. The number of nitrogens with two attached hydrogens (primary N) is 1. The van der Waals surface area contributed by atoms with Crippen molar-refractivity contribution in [2.24, 2.45) is 17.1 Å². The van der Waals surface area contributed by atoms with Gasteiger partial charge in [0, 0.05) is 19.6 Å². The highest BCUT2D eigenvalue weighted by atomic mass is 16.1. The Morgan fingerprint density at radius 1 is 1.56 bits per heavy atom. The van der Waals surface area contributed by atoms with Gasteiger partial charge in [-0.1, -0.05) is 20.8 Å². The van der Waals surface area contributed by atoms with Crippen LogP contribution in [-0.2, 0) is 4.79 Å². The van der Waals surface area contributed by atoms with Gasteiger partial charge < -0.3 is 11.1 Å². The van der Waals surface area contributed by atoms with Crippen LogP contribution in [0.15, 0.2) is 0 Å². The molecule has 0 aromatic heterocycles. The van der Waals surface area contributed by atoms with Crippen LogP contribution in [0.3, 0.4) is 0 Å². The predicted molar refractivity (Wildman–Crippen MR) is 66.1 cm³/mol. The van der Waals surface area contributed by atoms with Crippen LogP contribution in [0.4, 0.5) is 0 Å². The van der Waals surface area contributed by atoms with E-state index >= 15 is 0 Å². The van der Waals surface area contributed by atoms with Crippen molar-refractivity contribution in [1.82, 2.24) is 10.2 Å². The van der Waals surface area contributed by atoms with E-state index in [1.165, 1.54) is 6.42 Å². The number of nitrogens with one attached hydrogen (secondary N) is 1. The Hall–Kier alpha value is -0.610. The third-order valence-electron chi connectivity index (χ3n) is 3.07. The van der Waals surface area contributed by atoms with Gasteiger partial charge in [-0.3, -0.25) is 9.69 Å². The molecule has 0 bridgehead atoms. The summed E-state index contributed by atoms with van der Waals surface area (Å²) in [5, 5.41) is 3.38. The summed E-state index contributed by atoms with van der Waals surface area (Å²) in [4.78, 5) is 13.2. The molecule has 1 atom stereocenters. The van der Waals surface area contributed by atoms with Crippen molar-refractivity contribution in [2.45, 2.75) is 27.2 Å². The Bertz CT molecular complexity index is 234. The first kappa shape index (κ1) is 13.5. The lowest BCUT2D eigenvalue weighted by atomic mass is 9.89. The van der Waals surface area contributed by atoms with E-state index in [0.717, 1.165) is 26.2 Å². The molecule has 0 saturated carbocycles. The number of rotatable bonds is 6. The molecule has 1 aliphatic rings. The zero-order valence-corrected chi connectivity index (χ0v) is 10.8. The van der Waals surface area contributed by atoms with Crippen molar-refractivity contribution in [3.05, 3.63) is 0 Å². The molecule has 0 aromatic carbocycles. The van der Waals surface area contributed by atoms with Gasteiger partial charge in [-0.2, -0.15) is 0 Å². The lowest BCUT2D eigenvalue weighted by Gasteiger charge is -2.32. The first-order valence-electron chi connectivity index (χ1n) is 6.13. The van der Waals surface area contributed by atoms with Crippen molar-refractivity contribution in [1.29, 1.82) is 0 Å². The maximum absolute atomic E-state index is 11.0. The van der Waals surface area contributed by atoms with Gasteiger partial charge in [-0.15, -0.1) is 0 Å². The molecule has 4 heteroatoms. The largest absolute Gasteiger partial charge is 0.369 e. The van der Waals surface area contributed by atoms with Crippen molar-refractivity contribution < 1.29 is 4.79 Å². The maximum atomic E-state index is 11.0. The van der Waals surface area contributed by atoms with Gasteiger partial charge in [0.1, 0.15) is 0 Å². The van der Waals surface area contributed by atoms with Gasteiger partial charge in [0.15, 0.2) is 0 Å². The summed E-state index contributed by atoms with van der Waals surface area (Å²) < 4.78 is 0. The van der Waals surface area contributed by atoms with Crippen LogP contribution in [0.5, 0.6) is 0 Å². The smallest absolute Gasteiger partial charge is 0.231 e. The number of carbonyl (C=O) groups is 1. The third-order valence-corrected chi connectivity index (χ3v) is 3.07. The van der Waals surface area contributed by atoms with E-state index in [4.69, 9.17) is 5.73 Å². The van der Waals surface area contributed by atoms with E-state index < -0.39 is 0 Å². The molecule has 3 N–H and O–H groups in total. The van der Waals surface area contributed by atoms with Crippen LogP contribution in [0.25, 0.3) is 0 Å². The minimum Gasteiger partial charge on any atom is -0.369 e. The molecule has 1 fully saturated rings. The molecule has 0 radical (unpaired) electrons. The Morgan fingerprint density at radius 3 is 2.69 bits per heavy atom. The number of nitrogens with zero attached hydrogens (tertiary/aromatic N) is 1. The fourth-order valence-electron chi connectivity index (χ4n) is 2.47. The lowest BCUT2D eigenvalue weighted by molar-refractivity contribution is -0.119. The summed E-state index contributed by atoms with van der Waals surface area (Å²) in [5.74, 6) is 0.340. The monoisotopic (exact) mass is 227 g/mol. The highest BCUT2D eigenvalue weighted by Crippen LogP contribution is 2.25. The van der Waals surface area contributed by atoms with Gasteiger partial charge in [0.2, 0.25) is 5.91 Å². The van der Waals surface area contributed by atoms with E-state index in [2.05, 4.69) is 31.0 Å². The number of amides is 1. The molecule has 16 heavy (non-hydrogen) atoms. The molecule has 1 aliphatic heterocycles. The van der Waals surface area contributed by atoms with E-state index in [0.29, 0.717) is 17.9 Å². The van der Waals surface area contributed by atoms with Crippen LogP contribution < -0.4 is 11.1 Å². The fourth-order valence-corrected chi connectivity index (χ4v) is 2.47. The first-order valence-corrected chi connectivity index (χ1v) is 6.13. The Kier molecular flexibility index (Phi) is 4.74. The fraction of sp³-hybridized carbons (Fsp3) is 0.917. The number of hydrogen-bond donors (Lipinski definition) is 2. The molecule has 0 aromatic rings. The van der Waals surface area contributed by atoms with E-state index in [9.17, 15) is 4.79 Å². The zero-order valence-electron chi connectivity index (χ0n) is 10.8. The molecule has 4 nitrogen and oxygen atoms in total. The van der Waals surface area contributed by atoms with Crippen molar-refractivity contribution >= 4 is 5.91 Å². The number of carbonyl (C=O) groups excluding carboxylic acids is 1. The second-order valence-electron chi connectivity index (χ2n) is 5.77. The molecular weight excluding hydrogens is 202 g/mol.